The molecule has 0 bridgehead atoms. The third kappa shape index (κ3) is 5.67. The van der Waals surface area contributed by atoms with Crippen molar-refractivity contribution in [2.45, 2.75) is 95.5 Å². The first-order valence-electron chi connectivity index (χ1n) is 11.3. The Morgan fingerprint density at radius 1 is 0.867 bits per heavy atom. The zero-order valence-corrected chi connectivity index (χ0v) is 17.7. The van der Waals surface area contributed by atoms with Gasteiger partial charge in [-0.25, -0.2) is 0 Å². The van der Waals surface area contributed by atoms with Crippen LogP contribution in [-0.2, 0) is 27.2 Å². The zero-order valence-electron chi connectivity index (χ0n) is 17.7. The van der Waals surface area contributed by atoms with E-state index >= 15 is 0 Å². The van der Waals surface area contributed by atoms with Crippen LogP contribution in [0.4, 0.5) is 0 Å². The lowest BCUT2D eigenvalue weighted by Gasteiger charge is -2.13. The molecule has 3 N–H and O–H groups in total. The summed E-state index contributed by atoms with van der Waals surface area (Å²) in [5.74, 6) is -0.701. The first-order chi connectivity index (χ1) is 14.4. The number of unbranched alkanes of at least 4 members (excludes halogenated alkanes) is 4. The van der Waals surface area contributed by atoms with Crippen LogP contribution in [0, 0.1) is 5.41 Å². The van der Waals surface area contributed by atoms with Crippen molar-refractivity contribution in [1.82, 2.24) is 0 Å². The van der Waals surface area contributed by atoms with Gasteiger partial charge in [0.05, 0.1) is 5.41 Å². The van der Waals surface area contributed by atoms with Crippen LogP contribution >= 0.6 is 0 Å². The third-order valence-corrected chi connectivity index (χ3v) is 6.91. The van der Waals surface area contributed by atoms with E-state index in [0.29, 0.717) is 19.3 Å². The molecular formula is C24H34O6. The van der Waals surface area contributed by atoms with Crippen molar-refractivity contribution >= 4 is 12.4 Å². The Kier molecular flexibility index (Phi) is 7.27. The molecule has 0 amide bonds. The molecule has 6 nitrogen and oxygen atoms in total. The second-order valence-electron chi connectivity index (χ2n) is 9.18. The average molecular weight is 419 g/mol. The molecule has 0 aromatic heterocycles. The first kappa shape index (κ1) is 22.4. The number of carboxylic acids is 1. The quantitative estimate of drug-likeness (QED) is 0.213. The number of hydrogen-bond acceptors (Lipinski definition) is 5. The number of carbonyl (C=O) groups excluding carboxylic acids is 1. The Balaban J connectivity index is 1.35. The van der Waals surface area contributed by atoms with Crippen LogP contribution in [0.3, 0.4) is 0 Å². The lowest BCUT2D eigenvalue weighted by molar-refractivity contribution is -0.143. The predicted octanol–water partition coefficient (Wildman–Crippen LogP) is 4.87. The molecule has 0 radical (unpaired) electrons. The summed E-state index contributed by atoms with van der Waals surface area (Å²) in [6.07, 6.45) is 12.1. The number of hydrogen-bond donors (Lipinski definition) is 3. The van der Waals surface area contributed by atoms with Gasteiger partial charge < -0.3 is 20.1 Å². The zero-order chi connectivity index (χ0) is 21.6. The maximum atomic E-state index is 11.2. The normalized spacial score (nSPS) is 18.0. The summed E-state index contributed by atoms with van der Waals surface area (Å²) in [4.78, 5) is 21.7. The first-order valence-corrected chi connectivity index (χ1v) is 11.3. The number of aliphatic carboxylic acids is 1. The van der Waals surface area contributed by atoms with Crippen LogP contribution in [0.1, 0.15) is 88.2 Å². The molecular weight excluding hydrogens is 384 g/mol. The van der Waals surface area contributed by atoms with Crippen LogP contribution in [0.15, 0.2) is 12.1 Å². The molecule has 3 rings (SSSR count). The van der Waals surface area contributed by atoms with Crippen LogP contribution < -0.4 is 0 Å². The van der Waals surface area contributed by atoms with E-state index in [4.69, 9.17) is 4.74 Å². The third-order valence-electron chi connectivity index (χ3n) is 6.91. The van der Waals surface area contributed by atoms with Gasteiger partial charge in [-0.15, -0.1) is 0 Å². The highest BCUT2D eigenvalue weighted by Gasteiger charge is 2.49. The lowest BCUT2D eigenvalue weighted by Crippen LogP contribution is -2.14. The second kappa shape index (κ2) is 9.71. The number of phenolic OH excluding ortho intramolecular Hbond substituents is 2. The van der Waals surface area contributed by atoms with Gasteiger partial charge in [0.2, 0.25) is 0 Å². The fraction of sp³-hybridized carbons (Fsp3) is 0.667. The summed E-state index contributed by atoms with van der Waals surface area (Å²) >= 11 is 0. The van der Waals surface area contributed by atoms with E-state index in [1.807, 2.05) is 12.1 Å². The van der Waals surface area contributed by atoms with Gasteiger partial charge in [-0.05, 0) is 81.8 Å². The number of carboxylic acid groups (broad SMARTS) is 1. The summed E-state index contributed by atoms with van der Waals surface area (Å²) in [5, 5.41) is 29.9. The highest BCUT2D eigenvalue weighted by molar-refractivity contribution is 5.77. The maximum Gasteiger partial charge on any atom is 0.309 e. The SMILES string of the molecule is O=COC1(CCCCCc2ccc(CCCCCC3(C(=O)O)CC3)c(O)c2O)CC1. The highest BCUT2D eigenvalue weighted by Crippen LogP contribution is 2.50. The Bertz CT molecular complexity index is 748. The van der Waals surface area contributed by atoms with Gasteiger partial charge in [0.15, 0.2) is 11.5 Å². The molecule has 2 aliphatic carbocycles. The molecule has 0 heterocycles. The molecule has 0 saturated heterocycles. The fourth-order valence-electron chi connectivity index (χ4n) is 4.35. The monoisotopic (exact) mass is 418 g/mol. The Labute approximate surface area is 178 Å². The van der Waals surface area contributed by atoms with Crippen LogP contribution in [0.25, 0.3) is 0 Å². The number of aryl methyl sites for hydroxylation is 2. The molecule has 1 aromatic carbocycles. The Morgan fingerprint density at radius 3 is 1.83 bits per heavy atom. The number of phenols is 2. The molecule has 2 aliphatic rings. The van der Waals surface area contributed by atoms with Gasteiger partial charge in [0.25, 0.3) is 6.47 Å². The summed E-state index contributed by atoms with van der Waals surface area (Å²) in [6, 6.07) is 3.78. The molecule has 166 valence electrons. The van der Waals surface area contributed by atoms with Crippen molar-refractivity contribution in [2.24, 2.45) is 5.41 Å². The van der Waals surface area contributed by atoms with Crippen molar-refractivity contribution in [1.29, 1.82) is 0 Å². The van der Waals surface area contributed by atoms with E-state index in [1.54, 1.807) is 0 Å². The molecule has 30 heavy (non-hydrogen) atoms. The summed E-state index contributed by atoms with van der Waals surface area (Å²) in [6.45, 7) is 0.551. The van der Waals surface area contributed by atoms with Crippen molar-refractivity contribution < 1.29 is 29.6 Å². The lowest BCUT2D eigenvalue weighted by atomic mass is 9.96. The molecule has 1 aromatic rings. The van der Waals surface area contributed by atoms with Gasteiger partial charge in [0.1, 0.15) is 5.60 Å². The number of benzene rings is 1. The van der Waals surface area contributed by atoms with Gasteiger partial charge in [0, 0.05) is 0 Å². The van der Waals surface area contributed by atoms with Gasteiger partial charge in [-0.3, -0.25) is 9.59 Å². The van der Waals surface area contributed by atoms with Crippen molar-refractivity contribution in [3.8, 4) is 11.5 Å². The van der Waals surface area contributed by atoms with Crippen LogP contribution in [0.5, 0.6) is 11.5 Å². The van der Waals surface area contributed by atoms with Gasteiger partial charge in [-0.2, -0.15) is 0 Å². The molecule has 0 spiro atoms. The Morgan fingerprint density at radius 2 is 1.40 bits per heavy atom. The smallest absolute Gasteiger partial charge is 0.309 e. The minimum absolute atomic E-state index is 0.0155. The van der Waals surface area contributed by atoms with E-state index < -0.39 is 11.4 Å². The van der Waals surface area contributed by atoms with Crippen molar-refractivity contribution in [3.05, 3.63) is 23.3 Å². The Hall–Kier alpha value is -2.24. The summed E-state index contributed by atoms with van der Waals surface area (Å²) in [7, 11) is 0. The van der Waals surface area contributed by atoms with Crippen LogP contribution in [-0.4, -0.2) is 33.4 Å². The average Bonchev–Trinajstić information content (AvgIpc) is 3.63. The summed E-state index contributed by atoms with van der Waals surface area (Å²) in [5.41, 5.74) is 0.857. The van der Waals surface area contributed by atoms with Gasteiger partial charge >= 0.3 is 5.97 Å². The van der Waals surface area contributed by atoms with Crippen molar-refractivity contribution in [3.63, 3.8) is 0 Å². The van der Waals surface area contributed by atoms with E-state index in [-0.39, 0.29) is 17.1 Å². The van der Waals surface area contributed by atoms with Crippen LogP contribution in [0.2, 0.25) is 0 Å². The molecule has 6 heteroatoms. The van der Waals surface area contributed by atoms with Crippen molar-refractivity contribution in [2.75, 3.05) is 0 Å². The predicted molar refractivity (Wildman–Crippen MR) is 113 cm³/mol. The largest absolute Gasteiger partial charge is 0.504 e. The van der Waals surface area contributed by atoms with E-state index in [1.165, 1.54) is 0 Å². The molecule has 0 unspecified atom stereocenters. The highest BCUT2D eigenvalue weighted by atomic mass is 16.5. The number of rotatable bonds is 15. The topological polar surface area (TPSA) is 104 Å². The molecule has 0 aliphatic heterocycles. The number of aromatic hydroxyl groups is 2. The van der Waals surface area contributed by atoms with E-state index in [9.17, 15) is 24.9 Å². The van der Waals surface area contributed by atoms with E-state index in [0.717, 1.165) is 88.2 Å². The minimum atomic E-state index is -0.665. The minimum Gasteiger partial charge on any atom is -0.504 e. The number of ether oxygens (including phenoxy) is 1. The maximum absolute atomic E-state index is 11.2. The second-order valence-corrected chi connectivity index (χ2v) is 9.18. The van der Waals surface area contributed by atoms with Gasteiger partial charge in [-0.1, -0.05) is 31.4 Å². The fourth-order valence-corrected chi connectivity index (χ4v) is 4.35. The molecule has 0 atom stereocenters. The van der Waals surface area contributed by atoms with E-state index in [2.05, 4.69) is 0 Å². The molecule has 2 fully saturated rings. The summed E-state index contributed by atoms with van der Waals surface area (Å²) < 4.78 is 5.15. The standard InChI is InChI=1S/C24H34O6/c25-17-30-24(15-16-24)12-6-2-4-8-19-10-9-18(20(26)21(19)27)7-3-1-5-11-23(13-14-23)22(28)29/h9-10,17,26-27H,1-8,11-16H2,(H,28,29). The number of carbonyl (C=O) groups is 2. The molecule has 2 saturated carbocycles.